The summed E-state index contributed by atoms with van der Waals surface area (Å²) in [6, 6.07) is 13.7. The van der Waals surface area contributed by atoms with E-state index in [1.54, 1.807) is 36.3 Å². The van der Waals surface area contributed by atoms with Crippen LogP contribution < -0.4 is 10.6 Å². The van der Waals surface area contributed by atoms with Gasteiger partial charge in [0.2, 0.25) is 0 Å². The van der Waals surface area contributed by atoms with Crippen molar-refractivity contribution in [3.05, 3.63) is 66.2 Å². The number of hydrogen-bond donors (Lipinski definition) is 3. The first-order chi connectivity index (χ1) is 16.4. The summed E-state index contributed by atoms with van der Waals surface area (Å²) in [6.45, 7) is 0.739. The molecular weight excluding hydrogens is 488 g/mol. The standard InChI is InChI=1S/C23H24N6O2S3/c1-34(30,31)19-6-7-20-21(11-19)33-22(29-20)25-9-8-15-2-4-16(5-3-15)27-23-28-18(13-32-23)10-17-12-24-14-26-17/h2-7,11-12,14,18H,8-10,13H2,1H3,(H,24,26)(H,25,29)(H,27,28)/t18-/m0/s1. The molecule has 4 aromatic rings. The molecule has 0 spiro atoms. The minimum absolute atomic E-state index is 0.263. The molecule has 1 aliphatic rings. The molecule has 8 nitrogen and oxygen atoms in total. The normalized spacial score (nSPS) is 16.0. The first kappa shape index (κ1) is 22.9. The molecule has 0 saturated heterocycles. The van der Waals surface area contributed by atoms with Gasteiger partial charge in [0.1, 0.15) is 0 Å². The van der Waals surface area contributed by atoms with Crippen molar-refractivity contribution in [2.24, 2.45) is 4.99 Å². The number of nitrogens with one attached hydrogen (secondary N) is 3. The van der Waals surface area contributed by atoms with Crippen LogP contribution in [-0.4, -0.2) is 53.1 Å². The SMILES string of the molecule is CS(=O)(=O)c1ccc2nc(NCCc3ccc(NC4=N[C@@H](Cc5cnc[nH]5)CS4)cc3)sc2c1. The molecule has 0 unspecified atom stereocenters. The fourth-order valence-corrected chi connectivity index (χ4v) is 6.25. The van der Waals surface area contributed by atoms with E-state index >= 15 is 0 Å². The summed E-state index contributed by atoms with van der Waals surface area (Å²) in [6.07, 6.45) is 6.50. The molecule has 176 valence electrons. The summed E-state index contributed by atoms with van der Waals surface area (Å²) in [5.41, 5.74) is 4.16. The number of aromatic nitrogens is 3. The van der Waals surface area contributed by atoms with Crippen LogP contribution in [-0.2, 0) is 22.7 Å². The van der Waals surface area contributed by atoms with Crippen LogP contribution in [0.1, 0.15) is 11.3 Å². The van der Waals surface area contributed by atoms with E-state index in [4.69, 9.17) is 4.99 Å². The second kappa shape index (κ2) is 9.77. The van der Waals surface area contributed by atoms with E-state index in [0.717, 1.165) is 57.0 Å². The van der Waals surface area contributed by atoms with Crippen LogP contribution in [0.5, 0.6) is 0 Å². The average molecular weight is 513 g/mol. The monoisotopic (exact) mass is 512 g/mol. The molecule has 5 rings (SSSR count). The minimum atomic E-state index is -3.22. The maximum Gasteiger partial charge on any atom is 0.183 e. The van der Waals surface area contributed by atoms with E-state index in [1.807, 2.05) is 6.20 Å². The largest absolute Gasteiger partial charge is 0.361 e. The van der Waals surface area contributed by atoms with E-state index < -0.39 is 9.84 Å². The van der Waals surface area contributed by atoms with Gasteiger partial charge in [-0.25, -0.2) is 18.4 Å². The molecule has 3 heterocycles. The number of aromatic amines is 1. The van der Waals surface area contributed by atoms with Gasteiger partial charge in [0, 0.05) is 42.6 Å². The molecule has 0 aliphatic carbocycles. The molecule has 2 aromatic heterocycles. The molecule has 3 N–H and O–H groups in total. The highest BCUT2D eigenvalue weighted by atomic mass is 32.2. The number of sulfone groups is 1. The van der Waals surface area contributed by atoms with Gasteiger partial charge in [0.15, 0.2) is 20.1 Å². The Morgan fingerprint density at radius 3 is 2.79 bits per heavy atom. The summed E-state index contributed by atoms with van der Waals surface area (Å²) < 4.78 is 24.4. The Morgan fingerprint density at radius 1 is 1.18 bits per heavy atom. The summed E-state index contributed by atoms with van der Waals surface area (Å²) in [5, 5.41) is 8.50. The van der Waals surface area contributed by atoms with Gasteiger partial charge < -0.3 is 15.6 Å². The van der Waals surface area contributed by atoms with Gasteiger partial charge in [-0.1, -0.05) is 35.2 Å². The van der Waals surface area contributed by atoms with Gasteiger partial charge in [0.25, 0.3) is 0 Å². The van der Waals surface area contributed by atoms with Crippen molar-refractivity contribution in [2.75, 3.05) is 29.2 Å². The van der Waals surface area contributed by atoms with Crippen LogP contribution in [0.25, 0.3) is 10.2 Å². The fourth-order valence-electron chi connectivity index (χ4n) is 3.64. The zero-order chi connectivity index (χ0) is 23.5. The number of fused-ring (bicyclic) bond motifs is 1. The Kier molecular flexibility index (Phi) is 6.57. The lowest BCUT2D eigenvalue weighted by Crippen LogP contribution is -2.09. The van der Waals surface area contributed by atoms with Gasteiger partial charge in [0.05, 0.1) is 27.5 Å². The Hall–Kier alpha value is -2.89. The lowest BCUT2D eigenvalue weighted by atomic mass is 10.1. The third-order valence-electron chi connectivity index (χ3n) is 5.41. The Morgan fingerprint density at radius 2 is 2.03 bits per heavy atom. The number of amidine groups is 1. The maximum atomic E-state index is 11.8. The van der Waals surface area contributed by atoms with Crippen molar-refractivity contribution in [3.8, 4) is 0 Å². The number of rotatable bonds is 8. The second-order valence-electron chi connectivity index (χ2n) is 8.10. The fraction of sp³-hybridized carbons (Fsp3) is 0.261. The Balaban J connectivity index is 1.12. The van der Waals surface area contributed by atoms with E-state index in [2.05, 4.69) is 49.9 Å². The van der Waals surface area contributed by atoms with Crippen molar-refractivity contribution in [2.45, 2.75) is 23.8 Å². The molecule has 0 radical (unpaired) electrons. The molecule has 0 fully saturated rings. The van der Waals surface area contributed by atoms with E-state index in [1.165, 1.54) is 23.2 Å². The average Bonchev–Trinajstić information content (AvgIpc) is 3.55. The number of imidazole rings is 1. The highest BCUT2D eigenvalue weighted by Gasteiger charge is 2.19. The predicted molar refractivity (Wildman–Crippen MR) is 141 cm³/mol. The zero-order valence-electron chi connectivity index (χ0n) is 18.5. The van der Waals surface area contributed by atoms with Crippen LogP contribution >= 0.6 is 23.1 Å². The number of benzene rings is 2. The van der Waals surface area contributed by atoms with Gasteiger partial charge >= 0.3 is 0 Å². The first-order valence-electron chi connectivity index (χ1n) is 10.8. The number of aliphatic imine (C=N–C) groups is 1. The quantitative estimate of drug-likeness (QED) is 0.324. The van der Waals surface area contributed by atoms with Crippen molar-refractivity contribution in [3.63, 3.8) is 0 Å². The van der Waals surface area contributed by atoms with Crippen molar-refractivity contribution in [1.82, 2.24) is 15.0 Å². The first-order valence-corrected chi connectivity index (χ1v) is 14.5. The van der Waals surface area contributed by atoms with E-state index in [-0.39, 0.29) is 6.04 Å². The number of hydrogen-bond acceptors (Lipinski definition) is 9. The zero-order valence-corrected chi connectivity index (χ0v) is 20.9. The molecule has 2 aromatic carbocycles. The number of nitrogens with zero attached hydrogens (tertiary/aromatic N) is 3. The summed E-state index contributed by atoms with van der Waals surface area (Å²) in [5.74, 6) is 0.965. The second-order valence-corrected chi connectivity index (χ2v) is 12.2. The van der Waals surface area contributed by atoms with Gasteiger partial charge in [-0.15, -0.1) is 0 Å². The number of anilines is 2. The highest BCUT2D eigenvalue weighted by Crippen LogP contribution is 2.28. The van der Waals surface area contributed by atoms with Crippen LogP contribution in [0.3, 0.4) is 0 Å². The van der Waals surface area contributed by atoms with E-state index in [9.17, 15) is 8.42 Å². The maximum absolute atomic E-state index is 11.8. The predicted octanol–water partition coefficient (Wildman–Crippen LogP) is 4.20. The summed E-state index contributed by atoms with van der Waals surface area (Å²) in [4.78, 5) is 16.8. The lowest BCUT2D eigenvalue weighted by molar-refractivity contribution is 0.602. The lowest BCUT2D eigenvalue weighted by Gasteiger charge is -2.07. The molecule has 0 bridgehead atoms. The van der Waals surface area contributed by atoms with Crippen molar-refractivity contribution in [1.29, 1.82) is 0 Å². The number of thiazole rings is 1. The molecule has 0 amide bonds. The van der Waals surface area contributed by atoms with E-state index in [0.29, 0.717) is 4.90 Å². The van der Waals surface area contributed by atoms with Gasteiger partial charge in [-0.05, 0) is 42.3 Å². The van der Waals surface area contributed by atoms with Gasteiger partial charge in [-0.2, -0.15) is 0 Å². The third kappa shape index (κ3) is 5.60. The molecule has 34 heavy (non-hydrogen) atoms. The molecule has 1 atom stereocenters. The number of H-pyrrole nitrogens is 1. The van der Waals surface area contributed by atoms with Crippen LogP contribution in [0.15, 0.2) is 64.9 Å². The smallest absolute Gasteiger partial charge is 0.183 e. The summed E-state index contributed by atoms with van der Waals surface area (Å²) in [7, 11) is -3.22. The van der Waals surface area contributed by atoms with Crippen molar-refractivity contribution < 1.29 is 8.42 Å². The molecule has 0 saturated carbocycles. The van der Waals surface area contributed by atoms with Gasteiger partial charge in [-0.3, -0.25) is 4.99 Å². The van der Waals surface area contributed by atoms with Crippen LogP contribution in [0.4, 0.5) is 10.8 Å². The number of thioether (sulfide) groups is 1. The van der Waals surface area contributed by atoms with Crippen LogP contribution in [0.2, 0.25) is 0 Å². The highest BCUT2D eigenvalue weighted by molar-refractivity contribution is 8.14. The molecule has 1 aliphatic heterocycles. The minimum Gasteiger partial charge on any atom is -0.361 e. The Bertz CT molecular complexity index is 1410. The third-order valence-corrected chi connectivity index (χ3v) is 8.52. The van der Waals surface area contributed by atoms with Crippen molar-refractivity contribution >= 4 is 59.1 Å². The Labute approximate surface area is 206 Å². The molecular formula is C23H24N6O2S3. The summed E-state index contributed by atoms with van der Waals surface area (Å²) >= 11 is 3.21. The topological polar surface area (TPSA) is 112 Å². The van der Waals surface area contributed by atoms with Crippen LogP contribution in [0, 0.1) is 0 Å². The molecule has 11 heteroatoms.